The summed E-state index contributed by atoms with van der Waals surface area (Å²) in [4.78, 5) is 32.9. The molecule has 3 heterocycles. The van der Waals surface area contributed by atoms with Crippen LogP contribution in [0.15, 0.2) is 103 Å². The number of fused-ring (bicyclic) bond motifs is 3. The second-order valence-electron chi connectivity index (χ2n) is 8.79. The van der Waals surface area contributed by atoms with Crippen LogP contribution < -0.4 is 10.2 Å². The van der Waals surface area contributed by atoms with Gasteiger partial charge in [0.2, 0.25) is 0 Å². The highest BCUT2D eigenvalue weighted by atomic mass is 16.2. The topological polar surface area (TPSA) is 91.0 Å². The van der Waals surface area contributed by atoms with Gasteiger partial charge in [0.15, 0.2) is 0 Å². The smallest absolute Gasteiger partial charge is 0.258 e. The van der Waals surface area contributed by atoms with Crippen LogP contribution in [0, 0.1) is 0 Å². The molecule has 0 fully saturated rings. The molecule has 0 radical (unpaired) electrons. The lowest BCUT2D eigenvalue weighted by Gasteiger charge is -2.22. The number of anilines is 2. The number of nitrogens with one attached hydrogen (secondary N) is 2. The molecule has 0 aliphatic carbocycles. The summed E-state index contributed by atoms with van der Waals surface area (Å²) >= 11 is 0. The number of rotatable bonds is 4. The Hall–Kier alpha value is -5.04. The summed E-state index contributed by atoms with van der Waals surface area (Å²) in [6.45, 7) is 0.513. The summed E-state index contributed by atoms with van der Waals surface area (Å²) in [6, 6.07) is 28.0. The minimum absolute atomic E-state index is 0.125. The molecule has 7 nitrogen and oxygen atoms in total. The Labute approximate surface area is 213 Å². The summed E-state index contributed by atoms with van der Waals surface area (Å²) in [7, 11) is 0. The molecule has 0 spiro atoms. The van der Waals surface area contributed by atoms with Crippen LogP contribution in [0.25, 0.3) is 22.5 Å². The largest absolute Gasteiger partial charge is 0.322 e. The van der Waals surface area contributed by atoms with E-state index in [2.05, 4.69) is 20.5 Å². The summed E-state index contributed by atoms with van der Waals surface area (Å²) in [5.41, 5.74) is 6.89. The maximum Gasteiger partial charge on any atom is 0.258 e. The zero-order valence-corrected chi connectivity index (χ0v) is 19.9. The predicted octanol–water partition coefficient (Wildman–Crippen LogP) is 5.59. The Morgan fingerprint density at radius 2 is 1.65 bits per heavy atom. The van der Waals surface area contributed by atoms with Gasteiger partial charge in [-0.3, -0.25) is 19.7 Å². The molecule has 2 N–H and O–H groups in total. The third kappa shape index (κ3) is 4.27. The standard InChI is InChI=1S/C30H23N5O2/c36-29(25-10-5-4-9-24(25)20-7-2-1-3-8-20)33-23-14-12-21(13-15-23)30(37)35-18-16-22-19-32-34-27(22)28-26(35)11-6-17-31-28/h1-15,17,19H,16,18H2,(H,32,34)(H,33,36). The van der Waals surface area contributed by atoms with Gasteiger partial charge in [0.25, 0.3) is 11.8 Å². The summed E-state index contributed by atoms with van der Waals surface area (Å²) < 4.78 is 0. The molecule has 7 heteroatoms. The zero-order valence-electron chi connectivity index (χ0n) is 19.9. The van der Waals surface area contributed by atoms with Gasteiger partial charge in [-0.1, -0.05) is 48.5 Å². The highest BCUT2D eigenvalue weighted by Gasteiger charge is 2.27. The van der Waals surface area contributed by atoms with Crippen LogP contribution in [0.5, 0.6) is 0 Å². The quantitative estimate of drug-likeness (QED) is 0.347. The monoisotopic (exact) mass is 485 g/mol. The van der Waals surface area contributed by atoms with Crippen molar-refractivity contribution < 1.29 is 9.59 Å². The third-order valence-corrected chi connectivity index (χ3v) is 6.53. The number of carbonyl (C=O) groups excluding carboxylic acids is 2. The van der Waals surface area contributed by atoms with E-state index < -0.39 is 0 Å². The fraction of sp³-hybridized carbons (Fsp3) is 0.0667. The molecular weight excluding hydrogens is 462 g/mol. The van der Waals surface area contributed by atoms with Crippen molar-refractivity contribution in [2.24, 2.45) is 0 Å². The number of benzene rings is 3. The Bertz CT molecular complexity index is 1590. The van der Waals surface area contributed by atoms with Crippen LogP contribution in [0.2, 0.25) is 0 Å². The van der Waals surface area contributed by atoms with E-state index in [-0.39, 0.29) is 11.8 Å². The number of hydrogen-bond acceptors (Lipinski definition) is 4. The number of nitrogens with zero attached hydrogens (tertiary/aromatic N) is 3. The van der Waals surface area contributed by atoms with Gasteiger partial charge < -0.3 is 10.2 Å². The first kappa shape index (κ1) is 22.4. The van der Waals surface area contributed by atoms with Gasteiger partial charge in [0, 0.05) is 35.1 Å². The lowest BCUT2D eigenvalue weighted by molar-refractivity contribution is 0.0986. The molecule has 1 aliphatic rings. The van der Waals surface area contributed by atoms with E-state index in [4.69, 9.17) is 0 Å². The summed E-state index contributed by atoms with van der Waals surface area (Å²) in [5, 5.41) is 10.1. The van der Waals surface area contributed by atoms with Gasteiger partial charge in [-0.2, -0.15) is 5.10 Å². The van der Waals surface area contributed by atoms with E-state index in [9.17, 15) is 9.59 Å². The van der Waals surface area contributed by atoms with Crippen molar-refractivity contribution in [3.05, 3.63) is 120 Å². The van der Waals surface area contributed by atoms with Crippen LogP contribution >= 0.6 is 0 Å². The van der Waals surface area contributed by atoms with Gasteiger partial charge >= 0.3 is 0 Å². The second kappa shape index (κ2) is 9.54. The number of pyridine rings is 1. The van der Waals surface area contributed by atoms with E-state index in [1.165, 1.54) is 0 Å². The van der Waals surface area contributed by atoms with Crippen molar-refractivity contribution in [1.29, 1.82) is 0 Å². The Morgan fingerprint density at radius 3 is 2.49 bits per heavy atom. The van der Waals surface area contributed by atoms with Crippen LogP contribution in [0.1, 0.15) is 26.3 Å². The van der Waals surface area contributed by atoms with Gasteiger partial charge in [-0.25, -0.2) is 0 Å². The molecule has 0 bridgehead atoms. The van der Waals surface area contributed by atoms with Gasteiger partial charge in [-0.05, 0) is 60.0 Å². The van der Waals surface area contributed by atoms with Gasteiger partial charge in [-0.15, -0.1) is 0 Å². The first-order valence-electron chi connectivity index (χ1n) is 12.0. The number of aromatic amines is 1. The lowest BCUT2D eigenvalue weighted by Crippen LogP contribution is -2.32. The molecule has 0 saturated carbocycles. The molecule has 0 unspecified atom stereocenters. The Morgan fingerprint density at radius 1 is 0.865 bits per heavy atom. The molecule has 2 amide bonds. The van der Waals surface area contributed by atoms with Gasteiger partial charge in [0.05, 0.1) is 17.6 Å². The fourth-order valence-corrected chi connectivity index (χ4v) is 4.68. The van der Waals surface area contributed by atoms with Crippen molar-refractivity contribution in [1.82, 2.24) is 15.2 Å². The van der Waals surface area contributed by atoms with Crippen LogP contribution in [-0.4, -0.2) is 33.5 Å². The average Bonchev–Trinajstić information content (AvgIpc) is 3.36. The number of hydrogen-bond donors (Lipinski definition) is 2. The summed E-state index contributed by atoms with van der Waals surface area (Å²) in [6.07, 6.45) is 4.17. The van der Waals surface area contributed by atoms with E-state index in [1.807, 2.05) is 66.7 Å². The van der Waals surface area contributed by atoms with E-state index >= 15 is 0 Å². The first-order chi connectivity index (χ1) is 18.2. The number of aromatic nitrogens is 3. The molecule has 0 saturated heterocycles. The molecule has 3 aromatic carbocycles. The molecule has 1 aliphatic heterocycles. The zero-order chi connectivity index (χ0) is 25.2. The highest BCUT2D eigenvalue weighted by Crippen LogP contribution is 2.34. The average molecular weight is 486 g/mol. The molecule has 0 atom stereocenters. The Kier molecular flexibility index (Phi) is 5.78. The van der Waals surface area contributed by atoms with Crippen molar-refractivity contribution in [2.75, 3.05) is 16.8 Å². The van der Waals surface area contributed by atoms with Crippen LogP contribution in [-0.2, 0) is 6.42 Å². The minimum Gasteiger partial charge on any atom is -0.322 e. The van der Waals surface area contributed by atoms with Crippen LogP contribution in [0.4, 0.5) is 11.4 Å². The number of amides is 2. The number of H-pyrrole nitrogens is 1. The van der Waals surface area contributed by atoms with Crippen molar-refractivity contribution in [3.63, 3.8) is 0 Å². The molecule has 37 heavy (non-hydrogen) atoms. The lowest BCUT2D eigenvalue weighted by atomic mass is 9.99. The van der Waals surface area contributed by atoms with E-state index in [0.717, 1.165) is 28.1 Å². The first-order valence-corrected chi connectivity index (χ1v) is 12.0. The molecule has 2 aromatic heterocycles. The van der Waals surface area contributed by atoms with Gasteiger partial charge in [0.1, 0.15) is 5.69 Å². The van der Waals surface area contributed by atoms with Crippen LogP contribution in [0.3, 0.4) is 0 Å². The van der Waals surface area contributed by atoms with Crippen molar-refractivity contribution in [2.45, 2.75) is 6.42 Å². The Balaban J connectivity index is 1.23. The molecule has 6 rings (SSSR count). The minimum atomic E-state index is -0.208. The van der Waals surface area contributed by atoms with E-state index in [0.29, 0.717) is 35.5 Å². The third-order valence-electron chi connectivity index (χ3n) is 6.53. The van der Waals surface area contributed by atoms with Crippen molar-refractivity contribution in [3.8, 4) is 22.5 Å². The van der Waals surface area contributed by atoms with Crippen molar-refractivity contribution >= 4 is 23.2 Å². The molecule has 180 valence electrons. The molecule has 5 aromatic rings. The predicted molar refractivity (Wildman–Crippen MR) is 143 cm³/mol. The summed E-state index contributed by atoms with van der Waals surface area (Å²) in [5.74, 6) is -0.333. The fourth-order valence-electron chi connectivity index (χ4n) is 4.68. The number of carbonyl (C=O) groups is 2. The molecular formula is C30H23N5O2. The second-order valence-corrected chi connectivity index (χ2v) is 8.79. The highest BCUT2D eigenvalue weighted by molar-refractivity contribution is 6.10. The normalized spacial score (nSPS) is 12.3. The maximum atomic E-state index is 13.5. The maximum absolute atomic E-state index is 13.5. The SMILES string of the molecule is O=C(Nc1ccc(C(=O)N2CCc3cn[nH]c3-c3ncccc32)cc1)c1ccccc1-c1ccccc1. The van der Waals surface area contributed by atoms with E-state index in [1.54, 1.807) is 41.6 Å².